The molecule has 0 saturated carbocycles. The SMILES string of the molecule is C=C/C=C(\C=C/N)COC(=O)NC[C@@H]1CCCO1. The van der Waals surface area contributed by atoms with Crippen LogP contribution < -0.4 is 11.1 Å². The summed E-state index contributed by atoms with van der Waals surface area (Å²) in [6, 6.07) is 0. The van der Waals surface area contributed by atoms with Crippen molar-refractivity contribution in [3.05, 3.63) is 36.6 Å². The molecule has 3 N–H and O–H groups in total. The van der Waals surface area contributed by atoms with Gasteiger partial charge in [-0.05, 0) is 30.7 Å². The molecular formula is C13H20N2O3. The van der Waals surface area contributed by atoms with Crippen LogP contribution in [0.5, 0.6) is 0 Å². The van der Waals surface area contributed by atoms with Crippen molar-refractivity contribution in [1.82, 2.24) is 5.32 Å². The Morgan fingerprint density at radius 2 is 2.44 bits per heavy atom. The van der Waals surface area contributed by atoms with Gasteiger partial charge in [0.2, 0.25) is 0 Å². The van der Waals surface area contributed by atoms with Crippen LogP contribution in [0.25, 0.3) is 0 Å². The highest BCUT2D eigenvalue weighted by molar-refractivity contribution is 5.67. The number of allylic oxidation sites excluding steroid dienone is 2. The third-order valence-electron chi connectivity index (χ3n) is 2.51. The van der Waals surface area contributed by atoms with Crippen LogP contribution in [0.4, 0.5) is 4.79 Å². The van der Waals surface area contributed by atoms with E-state index in [1.807, 2.05) is 0 Å². The van der Waals surface area contributed by atoms with Crippen molar-refractivity contribution in [2.75, 3.05) is 19.8 Å². The molecule has 0 spiro atoms. The van der Waals surface area contributed by atoms with Gasteiger partial charge in [0.25, 0.3) is 0 Å². The molecule has 5 nitrogen and oxygen atoms in total. The summed E-state index contributed by atoms with van der Waals surface area (Å²) in [7, 11) is 0. The van der Waals surface area contributed by atoms with Crippen molar-refractivity contribution < 1.29 is 14.3 Å². The van der Waals surface area contributed by atoms with Gasteiger partial charge in [0.05, 0.1) is 6.10 Å². The normalized spacial score (nSPS) is 20.0. The van der Waals surface area contributed by atoms with E-state index in [1.165, 1.54) is 6.20 Å². The summed E-state index contributed by atoms with van der Waals surface area (Å²) in [6.45, 7) is 5.00. The molecular weight excluding hydrogens is 232 g/mol. The van der Waals surface area contributed by atoms with Crippen LogP contribution in [0.1, 0.15) is 12.8 Å². The van der Waals surface area contributed by atoms with Crippen molar-refractivity contribution in [3.8, 4) is 0 Å². The van der Waals surface area contributed by atoms with Gasteiger partial charge >= 0.3 is 6.09 Å². The van der Waals surface area contributed by atoms with Gasteiger partial charge in [-0.3, -0.25) is 0 Å². The van der Waals surface area contributed by atoms with Crippen molar-refractivity contribution in [2.24, 2.45) is 5.73 Å². The highest BCUT2D eigenvalue weighted by atomic mass is 16.5. The second kappa shape index (κ2) is 8.36. The number of nitrogens with one attached hydrogen (secondary N) is 1. The van der Waals surface area contributed by atoms with E-state index in [0.717, 1.165) is 25.0 Å². The predicted octanol–water partition coefficient (Wildman–Crippen LogP) is 1.48. The van der Waals surface area contributed by atoms with E-state index in [2.05, 4.69) is 11.9 Å². The number of nitrogens with two attached hydrogens (primary N) is 1. The highest BCUT2D eigenvalue weighted by Crippen LogP contribution is 2.10. The molecule has 0 aromatic heterocycles. The molecule has 0 bridgehead atoms. The van der Waals surface area contributed by atoms with Gasteiger partial charge in [-0.25, -0.2) is 4.79 Å². The van der Waals surface area contributed by atoms with Crippen LogP contribution in [-0.2, 0) is 9.47 Å². The fourth-order valence-electron chi connectivity index (χ4n) is 1.63. The molecule has 1 fully saturated rings. The van der Waals surface area contributed by atoms with E-state index in [0.29, 0.717) is 6.54 Å². The van der Waals surface area contributed by atoms with Crippen molar-refractivity contribution in [2.45, 2.75) is 18.9 Å². The van der Waals surface area contributed by atoms with Gasteiger partial charge in [-0.1, -0.05) is 18.7 Å². The number of alkyl carbamates (subject to hydrolysis) is 1. The summed E-state index contributed by atoms with van der Waals surface area (Å²) < 4.78 is 10.4. The van der Waals surface area contributed by atoms with Gasteiger partial charge in [0.1, 0.15) is 6.61 Å². The summed E-state index contributed by atoms with van der Waals surface area (Å²) in [5, 5.41) is 2.67. The summed E-state index contributed by atoms with van der Waals surface area (Å²) in [5.74, 6) is 0. The zero-order chi connectivity index (χ0) is 13.2. The Labute approximate surface area is 107 Å². The van der Waals surface area contributed by atoms with Crippen LogP contribution in [-0.4, -0.2) is 32.0 Å². The topological polar surface area (TPSA) is 73.6 Å². The van der Waals surface area contributed by atoms with E-state index < -0.39 is 6.09 Å². The Kier molecular flexibility index (Phi) is 6.64. The van der Waals surface area contributed by atoms with Gasteiger partial charge in [-0.15, -0.1) is 0 Å². The first kappa shape index (κ1) is 14.3. The third kappa shape index (κ3) is 5.54. The Bertz CT molecular complexity index is 331. The monoisotopic (exact) mass is 252 g/mol. The van der Waals surface area contributed by atoms with E-state index in [9.17, 15) is 4.79 Å². The molecule has 1 rings (SSSR count). The highest BCUT2D eigenvalue weighted by Gasteiger charge is 2.16. The standard InChI is InChI=1S/C13H20N2O3/c1-2-4-11(6-7-14)10-18-13(16)15-9-12-5-3-8-17-12/h2,4,6-7,12H,1,3,5,8-10,14H2,(H,15,16)/b7-6-,11-4+/t12-/m0/s1. The molecule has 0 unspecified atom stereocenters. The zero-order valence-corrected chi connectivity index (χ0v) is 10.4. The molecule has 1 heterocycles. The van der Waals surface area contributed by atoms with Gasteiger partial charge in [-0.2, -0.15) is 0 Å². The molecule has 1 aliphatic rings. The van der Waals surface area contributed by atoms with Gasteiger partial charge < -0.3 is 20.5 Å². The van der Waals surface area contributed by atoms with Gasteiger partial charge in [0.15, 0.2) is 0 Å². The smallest absolute Gasteiger partial charge is 0.407 e. The number of amides is 1. The van der Waals surface area contributed by atoms with E-state index in [4.69, 9.17) is 15.2 Å². The number of ether oxygens (including phenoxy) is 2. The van der Waals surface area contributed by atoms with Crippen LogP contribution in [0.15, 0.2) is 36.6 Å². The summed E-state index contributed by atoms with van der Waals surface area (Å²) in [4.78, 5) is 11.4. The van der Waals surface area contributed by atoms with Crippen LogP contribution in [0, 0.1) is 0 Å². The number of hydrogen-bond acceptors (Lipinski definition) is 4. The Hall–Kier alpha value is -1.75. The summed E-state index contributed by atoms with van der Waals surface area (Å²) in [6.07, 6.45) is 8.10. The Balaban J connectivity index is 2.22. The Morgan fingerprint density at radius 3 is 3.06 bits per heavy atom. The number of rotatable bonds is 6. The molecule has 1 amide bonds. The Morgan fingerprint density at radius 1 is 1.61 bits per heavy atom. The fourth-order valence-corrected chi connectivity index (χ4v) is 1.63. The number of carbonyl (C=O) groups is 1. The molecule has 0 aliphatic carbocycles. The van der Waals surface area contributed by atoms with Crippen molar-refractivity contribution in [1.29, 1.82) is 0 Å². The second-order valence-electron chi connectivity index (χ2n) is 3.93. The lowest BCUT2D eigenvalue weighted by molar-refractivity contribution is 0.103. The average molecular weight is 252 g/mol. The molecule has 1 atom stereocenters. The van der Waals surface area contributed by atoms with Crippen molar-refractivity contribution >= 4 is 6.09 Å². The molecule has 1 aliphatic heterocycles. The van der Waals surface area contributed by atoms with Crippen molar-refractivity contribution in [3.63, 3.8) is 0 Å². The molecule has 0 aromatic rings. The lowest BCUT2D eigenvalue weighted by Gasteiger charge is -2.11. The minimum Gasteiger partial charge on any atom is -0.445 e. The first-order valence-corrected chi connectivity index (χ1v) is 5.98. The maximum Gasteiger partial charge on any atom is 0.407 e. The van der Waals surface area contributed by atoms with E-state index in [-0.39, 0.29) is 12.7 Å². The zero-order valence-electron chi connectivity index (χ0n) is 10.4. The first-order chi connectivity index (χ1) is 8.76. The van der Waals surface area contributed by atoms with E-state index >= 15 is 0 Å². The van der Waals surface area contributed by atoms with E-state index in [1.54, 1.807) is 18.2 Å². The first-order valence-electron chi connectivity index (χ1n) is 5.98. The number of hydrogen-bond donors (Lipinski definition) is 2. The quantitative estimate of drug-likeness (QED) is 0.702. The molecule has 0 aromatic carbocycles. The average Bonchev–Trinajstić information content (AvgIpc) is 2.87. The minimum absolute atomic E-state index is 0.115. The molecule has 100 valence electrons. The van der Waals surface area contributed by atoms with Gasteiger partial charge in [0, 0.05) is 13.2 Å². The molecule has 5 heteroatoms. The summed E-state index contributed by atoms with van der Waals surface area (Å²) in [5.41, 5.74) is 6.06. The van der Waals surface area contributed by atoms with Crippen LogP contribution in [0.2, 0.25) is 0 Å². The minimum atomic E-state index is -0.453. The molecule has 18 heavy (non-hydrogen) atoms. The molecule has 1 saturated heterocycles. The number of carbonyl (C=O) groups excluding carboxylic acids is 1. The predicted molar refractivity (Wildman–Crippen MR) is 69.9 cm³/mol. The fraction of sp³-hybridized carbons (Fsp3) is 0.462. The largest absolute Gasteiger partial charge is 0.445 e. The summed E-state index contributed by atoms with van der Waals surface area (Å²) >= 11 is 0. The van der Waals surface area contributed by atoms with Crippen LogP contribution >= 0.6 is 0 Å². The lowest BCUT2D eigenvalue weighted by atomic mass is 10.2. The third-order valence-corrected chi connectivity index (χ3v) is 2.51. The molecule has 0 radical (unpaired) electrons. The lowest BCUT2D eigenvalue weighted by Crippen LogP contribution is -2.32. The van der Waals surface area contributed by atoms with Crippen LogP contribution in [0.3, 0.4) is 0 Å². The second-order valence-corrected chi connectivity index (χ2v) is 3.93. The maximum absolute atomic E-state index is 11.4. The maximum atomic E-state index is 11.4.